The fourth-order valence-corrected chi connectivity index (χ4v) is 4.14. The molecule has 2 aromatic carbocycles. The highest BCUT2D eigenvalue weighted by Gasteiger charge is 2.43. The standard InChI is InChI=1S/C23H28ClNO4/c1-3-29-22(27)23(15-17-6-4-5-7-20(17)24)10-12-25(13-11-23)16-18-14-19(28-2)8-9-21(18)26/h4-9,14,26H,3,10-13,15-16H2,1-2H3. The van der Waals surface area contributed by atoms with Crippen LogP contribution in [0.5, 0.6) is 11.5 Å². The van der Waals surface area contributed by atoms with Gasteiger partial charge in [0.2, 0.25) is 0 Å². The Hall–Kier alpha value is -2.24. The number of hydrogen-bond acceptors (Lipinski definition) is 5. The number of benzene rings is 2. The Morgan fingerprint density at radius 1 is 1.17 bits per heavy atom. The Balaban J connectivity index is 1.74. The Bertz CT molecular complexity index is 847. The van der Waals surface area contributed by atoms with Gasteiger partial charge in [0, 0.05) is 17.1 Å². The number of carbonyl (C=O) groups is 1. The molecule has 5 nitrogen and oxygen atoms in total. The molecule has 0 spiro atoms. The number of esters is 1. The average molecular weight is 418 g/mol. The summed E-state index contributed by atoms with van der Waals surface area (Å²) in [7, 11) is 1.61. The van der Waals surface area contributed by atoms with Gasteiger partial charge < -0.3 is 14.6 Å². The van der Waals surface area contributed by atoms with Gasteiger partial charge in [0.05, 0.1) is 19.1 Å². The van der Waals surface area contributed by atoms with Gasteiger partial charge >= 0.3 is 5.97 Å². The molecular weight excluding hydrogens is 390 g/mol. The molecule has 1 aliphatic heterocycles. The SMILES string of the molecule is CCOC(=O)C1(Cc2ccccc2Cl)CCN(Cc2cc(OC)ccc2O)CC1. The molecule has 1 aliphatic rings. The van der Waals surface area contributed by atoms with E-state index >= 15 is 0 Å². The van der Waals surface area contributed by atoms with E-state index in [2.05, 4.69) is 4.90 Å². The third kappa shape index (κ3) is 5.03. The van der Waals surface area contributed by atoms with Gasteiger partial charge in [-0.3, -0.25) is 9.69 Å². The molecule has 0 bridgehead atoms. The zero-order valence-electron chi connectivity index (χ0n) is 17.0. The lowest BCUT2D eigenvalue weighted by atomic mass is 9.73. The quantitative estimate of drug-likeness (QED) is 0.675. The number of rotatable bonds is 7. The van der Waals surface area contributed by atoms with Crippen molar-refractivity contribution in [2.75, 3.05) is 26.8 Å². The van der Waals surface area contributed by atoms with Crippen LogP contribution in [0.15, 0.2) is 42.5 Å². The number of methoxy groups -OCH3 is 1. The molecule has 6 heteroatoms. The fraction of sp³-hybridized carbons (Fsp3) is 0.435. The molecule has 1 heterocycles. The maximum Gasteiger partial charge on any atom is 0.312 e. The van der Waals surface area contributed by atoms with Crippen molar-refractivity contribution in [3.8, 4) is 11.5 Å². The number of carbonyl (C=O) groups excluding carboxylic acids is 1. The summed E-state index contributed by atoms with van der Waals surface area (Å²) in [5.41, 5.74) is 1.22. The molecule has 1 fully saturated rings. The molecule has 1 saturated heterocycles. The van der Waals surface area contributed by atoms with Gasteiger partial charge in [-0.2, -0.15) is 0 Å². The largest absolute Gasteiger partial charge is 0.508 e. The summed E-state index contributed by atoms with van der Waals surface area (Å²) in [6, 6.07) is 12.9. The second-order valence-corrected chi connectivity index (χ2v) is 7.95. The summed E-state index contributed by atoms with van der Waals surface area (Å²) in [6.45, 7) is 4.28. The normalized spacial score (nSPS) is 16.4. The molecule has 2 aromatic rings. The maximum atomic E-state index is 12.9. The van der Waals surface area contributed by atoms with Gasteiger partial charge in [-0.05, 0) is 69.1 Å². The van der Waals surface area contributed by atoms with Gasteiger partial charge in [0.1, 0.15) is 11.5 Å². The number of nitrogens with zero attached hydrogens (tertiary/aromatic N) is 1. The molecule has 0 radical (unpaired) electrons. The van der Waals surface area contributed by atoms with Crippen molar-refractivity contribution >= 4 is 17.6 Å². The van der Waals surface area contributed by atoms with Crippen LogP contribution in [0.25, 0.3) is 0 Å². The number of halogens is 1. The van der Waals surface area contributed by atoms with Gasteiger partial charge in [-0.25, -0.2) is 0 Å². The van der Waals surface area contributed by atoms with E-state index in [1.165, 1.54) is 0 Å². The van der Waals surface area contributed by atoms with Crippen molar-refractivity contribution in [1.82, 2.24) is 4.90 Å². The molecule has 0 saturated carbocycles. The van der Waals surface area contributed by atoms with Crippen LogP contribution in [0, 0.1) is 5.41 Å². The highest BCUT2D eigenvalue weighted by Crippen LogP contribution is 2.39. The van der Waals surface area contributed by atoms with E-state index in [0.717, 1.165) is 30.0 Å². The van der Waals surface area contributed by atoms with E-state index in [9.17, 15) is 9.90 Å². The molecule has 29 heavy (non-hydrogen) atoms. The predicted octanol–water partition coefficient (Wildman–Crippen LogP) is 4.44. The summed E-state index contributed by atoms with van der Waals surface area (Å²) >= 11 is 6.37. The molecule has 0 unspecified atom stereocenters. The fourth-order valence-electron chi connectivity index (χ4n) is 3.94. The van der Waals surface area contributed by atoms with Gasteiger partial charge in [0.15, 0.2) is 0 Å². The van der Waals surface area contributed by atoms with Crippen LogP contribution < -0.4 is 4.74 Å². The van der Waals surface area contributed by atoms with Crippen LogP contribution in [-0.4, -0.2) is 42.8 Å². The molecule has 0 atom stereocenters. The number of piperidine rings is 1. The first-order chi connectivity index (χ1) is 14.0. The highest BCUT2D eigenvalue weighted by atomic mass is 35.5. The van der Waals surface area contributed by atoms with Gasteiger partial charge in [-0.1, -0.05) is 29.8 Å². The van der Waals surface area contributed by atoms with Crippen LogP contribution >= 0.6 is 11.6 Å². The summed E-state index contributed by atoms with van der Waals surface area (Å²) < 4.78 is 10.7. The summed E-state index contributed by atoms with van der Waals surface area (Å²) in [5, 5.41) is 10.9. The van der Waals surface area contributed by atoms with E-state index in [-0.39, 0.29) is 11.7 Å². The number of phenolic OH excluding ortho intramolecular Hbond substituents is 1. The third-order valence-corrected chi connectivity index (χ3v) is 6.06. The van der Waals surface area contributed by atoms with E-state index < -0.39 is 5.41 Å². The van der Waals surface area contributed by atoms with Crippen LogP contribution in [0.2, 0.25) is 5.02 Å². The highest BCUT2D eigenvalue weighted by molar-refractivity contribution is 6.31. The van der Waals surface area contributed by atoms with Crippen LogP contribution in [0.4, 0.5) is 0 Å². The van der Waals surface area contributed by atoms with Gasteiger partial charge in [0.25, 0.3) is 0 Å². The zero-order valence-corrected chi connectivity index (χ0v) is 17.7. The molecule has 3 rings (SSSR count). The minimum atomic E-state index is -0.575. The van der Waals surface area contributed by atoms with Crippen molar-refractivity contribution in [2.24, 2.45) is 5.41 Å². The first kappa shape index (κ1) is 21.5. The van der Waals surface area contributed by atoms with Crippen LogP contribution in [-0.2, 0) is 22.5 Å². The number of likely N-dealkylation sites (tertiary alicyclic amines) is 1. The predicted molar refractivity (Wildman–Crippen MR) is 113 cm³/mol. The van der Waals surface area contributed by atoms with E-state index in [1.807, 2.05) is 37.3 Å². The average Bonchev–Trinajstić information content (AvgIpc) is 2.73. The Kier molecular flexibility index (Phi) is 7.04. The van der Waals surface area contributed by atoms with Crippen molar-refractivity contribution in [3.05, 3.63) is 58.6 Å². The number of aromatic hydroxyl groups is 1. The van der Waals surface area contributed by atoms with Crippen molar-refractivity contribution < 1.29 is 19.4 Å². The van der Waals surface area contributed by atoms with Gasteiger partial charge in [-0.15, -0.1) is 0 Å². The topological polar surface area (TPSA) is 59.0 Å². The second-order valence-electron chi connectivity index (χ2n) is 7.54. The Labute approximate surface area is 177 Å². The molecule has 0 aliphatic carbocycles. The van der Waals surface area contributed by atoms with E-state index in [4.69, 9.17) is 21.1 Å². The van der Waals surface area contributed by atoms with Crippen molar-refractivity contribution in [1.29, 1.82) is 0 Å². The van der Waals surface area contributed by atoms with E-state index in [1.54, 1.807) is 19.2 Å². The summed E-state index contributed by atoms with van der Waals surface area (Å²) in [6.07, 6.45) is 1.94. The lowest BCUT2D eigenvalue weighted by Gasteiger charge is -2.40. The molecule has 156 valence electrons. The number of hydrogen-bond donors (Lipinski definition) is 1. The zero-order chi connectivity index (χ0) is 20.9. The molecule has 0 aromatic heterocycles. The minimum Gasteiger partial charge on any atom is -0.508 e. The molecule has 0 amide bonds. The van der Waals surface area contributed by atoms with Crippen LogP contribution in [0.3, 0.4) is 0 Å². The smallest absolute Gasteiger partial charge is 0.312 e. The van der Waals surface area contributed by atoms with E-state index in [0.29, 0.717) is 37.4 Å². The van der Waals surface area contributed by atoms with Crippen LogP contribution in [0.1, 0.15) is 30.9 Å². The summed E-state index contributed by atoms with van der Waals surface area (Å²) in [4.78, 5) is 15.1. The first-order valence-corrected chi connectivity index (χ1v) is 10.3. The first-order valence-electron chi connectivity index (χ1n) is 9.96. The lowest BCUT2D eigenvalue weighted by molar-refractivity contribution is -0.158. The Morgan fingerprint density at radius 3 is 2.55 bits per heavy atom. The summed E-state index contributed by atoms with van der Waals surface area (Å²) in [5.74, 6) is 0.822. The molecular formula is C23H28ClNO4. The third-order valence-electron chi connectivity index (χ3n) is 5.69. The number of phenols is 1. The number of ether oxygens (including phenoxy) is 2. The van der Waals surface area contributed by atoms with Crippen molar-refractivity contribution in [3.63, 3.8) is 0 Å². The second kappa shape index (κ2) is 9.51. The Morgan fingerprint density at radius 2 is 1.90 bits per heavy atom. The monoisotopic (exact) mass is 417 g/mol. The maximum absolute atomic E-state index is 12.9. The lowest BCUT2D eigenvalue weighted by Crippen LogP contribution is -2.46. The molecule has 1 N–H and O–H groups in total. The minimum absolute atomic E-state index is 0.149. The van der Waals surface area contributed by atoms with Crippen molar-refractivity contribution in [2.45, 2.75) is 32.7 Å².